The van der Waals surface area contributed by atoms with Gasteiger partial charge in [-0.25, -0.2) is 0 Å². The molecule has 0 radical (unpaired) electrons. The van der Waals surface area contributed by atoms with Gasteiger partial charge in [0, 0.05) is 26.5 Å². The smallest absolute Gasteiger partial charge is 0.306 e. The first-order valence-electron chi connectivity index (χ1n) is 9.40. The molecule has 0 saturated carbocycles. The van der Waals surface area contributed by atoms with Gasteiger partial charge in [-0.15, -0.1) is 0 Å². The van der Waals surface area contributed by atoms with E-state index in [1.54, 1.807) is 6.07 Å². The zero-order chi connectivity index (χ0) is 19.9. The lowest BCUT2D eigenvalue weighted by Gasteiger charge is -2.36. The topological polar surface area (TPSA) is 62.3 Å². The van der Waals surface area contributed by atoms with Gasteiger partial charge in [-0.1, -0.05) is 54.7 Å². The number of fused-ring (bicyclic) bond motifs is 3. The van der Waals surface area contributed by atoms with Gasteiger partial charge < -0.3 is 14.8 Å². The van der Waals surface area contributed by atoms with Crippen molar-refractivity contribution < 1.29 is 14.6 Å². The normalized spacial score (nSPS) is 19.0. The number of rotatable bonds is 5. The van der Waals surface area contributed by atoms with E-state index in [1.807, 2.05) is 37.3 Å². The summed E-state index contributed by atoms with van der Waals surface area (Å²) in [6, 6.07) is 11.5. The van der Waals surface area contributed by atoms with E-state index in [1.165, 1.54) is 0 Å². The molecule has 1 aliphatic rings. The molecule has 0 fully saturated rings. The van der Waals surface area contributed by atoms with Gasteiger partial charge >= 0.3 is 5.97 Å². The van der Waals surface area contributed by atoms with Crippen LogP contribution in [0.4, 0.5) is 0 Å². The maximum absolute atomic E-state index is 11.6. The standard InChI is InChI=1S/C22H21Cl2NO3/c1-2-9-22(12-19(26)27)21-16(8-10-28-22)20-15(4-3-5-18(20)25-21)14-7-6-13(23)11-17(14)24/h3-7,11,25H,2,8-10,12H2,1H3,(H,26,27). The van der Waals surface area contributed by atoms with Crippen molar-refractivity contribution >= 4 is 40.1 Å². The van der Waals surface area contributed by atoms with Crippen LogP contribution < -0.4 is 0 Å². The molecule has 0 aliphatic carbocycles. The predicted octanol–water partition coefficient (Wildman–Crippen LogP) is 6.18. The summed E-state index contributed by atoms with van der Waals surface area (Å²) in [4.78, 5) is 15.1. The van der Waals surface area contributed by atoms with Crippen LogP contribution in [0.5, 0.6) is 0 Å². The second kappa shape index (κ2) is 7.43. The number of aliphatic carboxylic acids is 1. The number of ether oxygens (including phenoxy) is 1. The van der Waals surface area contributed by atoms with Crippen molar-refractivity contribution in [2.75, 3.05) is 6.61 Å². The molecule has 2 heterocycles. The Kier molecular flexibility index (Phi) is 5.13. The van der Waals surface area contributed by atoms with Gasteiger partial charge in [0.25, 0.3) is 0 Å². The molecule has 6 heteroatoms. The van der Waals surface area contributed by atoms with Crippen LogP contribution >= 0.6 is 23.2 Å². The number of carbonyl (C=O) groups is 1. The first-order chi connectivity index (χ1) is 13.4. The van der Waals surface area contributed by atoms with Gasteiger partial charge in [0.05, 0.1) is 18.7 Å². The number of aromatic amines is 1. The molecule has 28 heavy (non-hydrogen) atoms. The summed E-state index contributed by atoms with van der Waals surface area (Å²) >= 11 is 12.6. The maximum atomic E-state index is 11.6. The number of H-pyrrole nitrogens is 1. The third-order valence-corrected chi connectivity index (χ3v) is 5.97. The Balaban J connectivity index is 1.97. The first kappa shape index (κ1) is 19.3. The molecule has 3 aromatic rings. The second-order valence-electron chi connectivity index (χ2n) is 7.24. The lowest BCUT2D eigenvalue weighted by Crippen LogP contribution is -2.37. The van der Waals surface area contributed by atoms with Gasteiger partial charge in [-0.05, 0) is 42.2 Å². The Bertz CT molecular complexity index is 1060. The van der Waals surface area contributed by atoms with Gasteiger partial charge in [0.2, 0.25) is 0 Å². The molecule has 0 spiro atoms. The van der Waals surface area contributed by atoms with Crippen LogP contribution in [-0.4, -0.2) is 22.7 Å². The molecule has 146 valence electrons. The number of aromatic nitrogens is 1. The van der Waals surface area contributed by atoms with Crippen molar-refractivity contribution in [2.45, 2.75) is 38.2 Å². The van der Waals surface area contributed by atoms with Crippen molar-refractivity contribution in [3.63, 3.8) is 0 Å². The summed E-state index contributed by atoms with van der Waals surface area (Å²) in [5, 5.41) is 11.8. The minimum Gasteiger partial charge on any atom is -0.481 e. The Morgan fingerprint density at radius 1 is 1.25 bits per heavy atom. The van der Waals surface area contributed by atoms with E-state index < -0.39 is 11.6 Å². The zero-order valence-electron chi connectivity index (χ0n) is 15.5. The molecule has 2 aromatic carbocycles. The monoisotopic (exact) mass is 417 g/mol. The molecular formula is C22H21Cl2NO3. The molecular weight excluding hydrogens is 397 g/mol. The summed E-state index contributed by atoms with van der Waals surface area (Å²) < 4.78 is 6.10. The molecule has 1 atom stereocenters. The van der Waals surface area contributed by atoms with E-state index in [2.05, 4.69) is 4.98 Å². The minimum atomic E-state index is -0.860. The Morgan fingerprint density at radius 2 is 2.07 bits per heavy atom. The fourth-order valence-electron chi connectivity index (χ4n) is 4.38. The average molecular weight is 418 g/mol. The zero-order valence-corrected chi connectivity index (χ0v) is 17.0. The third kappa shape index (κ3) is 3.20. The van der Waals surface area contributed by atoms with Crippen LogP contribution in [0.3, 0.4) is 0 Å². The van der Waals surface area contributed by atoms with Crippen LogP contribution in [0, 0.1) is 0 Å². The number of halogens is 2. The van der Waals surface area contributed by atoms with E-state index in [-0.39, 0.29) is 6.42 Å². The number of hydrogen-bond acceptors (Lipinski definition) is 2. The van der Waals surface area contributed by atoms with E-state index in [0.29, 0.717) is 23.1 Å². The molecule has 1 aliphatic heterocycles. The lowest BCUT2D eigenvalue weighted by atomic mass is 9.84. The molecule has 2 N–H and O–H groups in total. The minimum absolute atomic E-state index is 0.0578. The Hall–Kier alpha value is -2.01. The highest BCUT2D eigenvalue weighted by molar-refractivity contribution is 6.36. The van der Waals surface area contributed by atoms with Crippen molar-refractivity contribution in [3.05, 3.63) is 57.7 Å². The van der Waals surface area contributed by atoms with Crippen molar-refractivity contribution in [3.8, 4) is 11.1 Å². The fourth-order valence-corrected chi connectivity index (χ4v) is 4.89. The van der Waals surface area contributed by atoms with E-state index >= 15 is 0 Å². The van der Waals surface area contributed by atoms with Gasteiger partial charge in [-0.3, -0.25) is 4.79 Å². The first-order valence-corrected chi connectivity index (χ1v) is 10.2. The molecule has 1 aromatic heterocycles. The highest BCUT2D eigenvalue weighted by Crippen LogP contribution is 2.45. The van der Waals surface area contributed by atoms with Gasteiger partial charge in [-0.2, -0.15) is 0 Å². The molecule has 0 bridgehead atoms. The molecule has 4 nitrogen and oxygen atoms in total. The number of nitrogens with one attached hydrogen (secondary N) is 1. The van der Waals surface area contributed by atoms with Crippen LogP contribution in [-0.2, 0) is 21.6 Å². The third-order valence-electron chi connectivity index (χ3n) is 5.43. The van der Waals surface area contributed by atoms with E-state index in [9.17, 15) is 9.90 Å². The quantitative estimate of drug-likeness (QED) is 0.520. The number of carboxylic acid groups (broad SMARTS) is 1. The van der Waals surface area contributed by atoms with E-state index in [0.717, 1.165) is 46.1 Å². The molecule has 4 rings (SSSR count). The molecule has 0 amide bonds. The summed E-state index contributed by atoms with van der Waals surface area (Å²) in [5.74, 6) is -0.860. The van der Waals surface area contributed by atoms with Crippen molar-refractivity contribution in [1.29, 1.82) is 0 Å². The van der Waals surface area contributed by atoms with Crippen molar-refractivity contribution in [1.82, 2.24) is 4.98 Å². The Labute approximate surface area is 173 Å². The lowest BCUT2D eigenvalue weighted by molar-refractivity contribution is -0.149. The maximum Gasteiger partial charge on any atom is 0.306 e. The number of benzene rings is 2. The summed E-state index contributed by atoms with van der Waals surface area (Å²) in [7, 11) is 0. The number of carboxylic acids is 1. The second-order valence-corrected chi connectivity index (χ2v) is 8.09. The summed E-state index contributed by atoms with van der Waals surface area (Å²) in [5.41, 5.74) is 4.07. The van der Waals surface area contributed by atoms with Crippen LogP contribution in [0.15, 0.2) is 36.4 Å². The summed E-state index contributed by atoms with van der Waals surface area (Å²) in [6.45, 7) is 2.54. The van der Waals surface area contributed by atoms with Crippen LogP contribution in [0.1, 0.15) is 37.4 Å². The van der Waals surface area contributed by atoms with E-state index in [4.69, 9.17) is 27.9 Å². The van der Waals surface area contributed by atoms with Crippen LogP contribution in [0.25, 0.3) is 22.0 Å². The largest absolute Gasteiger partial charge is 0.481 e. The SMILES string of the molecule is CCCC1(CC(=O)O)OCCc2c1[nH]c1cccc(-c3ccc(Cl)cc3Cl)c21. The average Bonchev–Trinajstić information content (AvgIpc) is 3.02. The van der Waals surface area contributed by atoms with Gasteiger partial charge in [0.15, 0.2) is 0 Å². The van der Waals surface area contributed by atoms with Crippen LogP contribution in [0.2, 0.25) is 10.0 Å². The van der Waals surface area contributed by atoms with Gasteiger partial charge in [0.1, 0.15) is 5.60 Å². The fraction of sp³-hybridized carbons (Fsp3) is 0.318. The highest BCUT2D eigenvalue weighted by atomic mass is 35.5. The van der Waals surface area contributed by atoms with Crippen molar-refractivity contribution in [2.24, 2.45) is 0 Å². The molecule has 1 unspecified atom stereocenters. The Morgan fingerprint density at radius 3 is 2.79 bits per heavy atom. The summed E-state index contributed by atoms with van der Waals surface area (Å²) in [6.07, 6.45) is 2.15. The molecule has 0 saturated heterocycles. The highest BCUT2D eigenvalue weighted by Gasteiger charge is 2.41. The predicted molar refractivity (Wildman–Crippen MR) is 112 cm³/mol. The number of hydrogen-bond donors (Lipinski definition) is 2.